The maximum absolute atomic E-state index is 12.0. The topological polar surface area (TPSA) is 83.0 Å². The van der Waals surface area contributed by atoms with Gasteiger partial charge in [-0.05, 0) is 43.7 Å². The number of amides is 2. The molecule has 142 valence electrons. The molecule has 0 radical (unpaired) electrons. The first kappa shape index (κ1) is 20.0. The van der Waals surface area contributed by atoms with Crippen molar-refractivity contribution in [2.75, 3.05) is 30.4 Å². The quantitative estimate of drug-likeness (QED) is 0.447. The molecule has 0 aliphatic heterocycles. The van der Waals surface area contributed by atoms with Gasteiger partial charge in [0.2, 0.25) is 0 Å². The highest BCUT2D eigenvalue weighted by Gasteiger charge is 2.14. The minimum Gasteiger partial charge on any atom is -0.495 e. The Labute approximate surface area is 159 Å². The molecule has 27 heavy (non-hydrogen) atoms. The van der Waals surface area contributed by atoms with Crippen molar-refractivity contribution in [1.29, 1.82) is 0 Å². The summed E-state index contributed by atoms with van der Waals surface area (Å²) in [6.45, 7) is 6.07. The molecular weight excluding hydrogens is 344 g/mol. The van der Waals surface area contributed by atoms with Crippen LogP contribution in [-0.4, -0.2) is 38.2 Å². The largest absolute Gasteiger partial charge is 0.495 e. The lowest BCUT2D eigenvalue weighted by Gasteiger charge is -2.20. The van der Waals surface area contributed by atoms with Crippen molar-refractivity contribution >= 4 is 29.4 Å². The summed E-state index contributed by atoms with van der Waals surface area (Å²) in [7, 11) is 1.49. The molecule has 2 aromatic carbocycles. The van der Waals surface area contributed by atoms with E-state index in [1.807, 2.05) is 24.3 Å². The van der Waals surface area contributed by atoms with E-state index in [9.17, 15) is 9.59 Å². The predicted octanol–water partition coefficient (Wildman–Crippen LogP) is 2.63. The number of benzene rings is 2. The van der Waals surface area contributed by atoms with E-state index in [0.29, 0.717) is 11.4 Å². The first-order valence-corrected chi connectivity index (χ1v) is 8.71. The third-order valence-electron chi connectivity index (χ3n) is 3.96. The molecule has 0 spiro atoms. The summed E-state index contributed by atoms with van der Waals surface area (Å²) in [4.78, 5) is 26.1. The number of anilines is 2. The average Bonchev–Trinajstić information content (AvgIpc) is 2.70. The molecule has 0 aliphatic rings. The van der Waals surface area contributed by atoms with Crippen molar-refractivity contribution in [2.45, 2.75) is 13.8 Å². The van der Waals surface area contributed by atoms with Gasteiger partial charge in [-0.15, -0.1) is 0 Å². The fraction of sp³-hybridized carbons (Fsp3) is 0.250. The van der Waals surface area contributed by atoms with Crippen molar-refractivity contribution in [3.05, 3.63) is 54.1 Å². The minimum absolute atomic E-state index is 0.413. The Balaban J connectivity index is 1.91. The number of nitrogens with zero attached hydrogens (tertiary/aromatic N) is 2. The smallest absolute Gasteiger partial charge is 0.329 e. The highest BCUT2D eigenvalue weighted by Crippen LogP contribution is 2.22. The highest BCUT2D eigenvalue weighted by atomic mass is 16.5. The van der Waals surface area contributed by atoms with E-state index in [4.69, 9.17) is 4.74 Å². The highest BCUT2D eigenvalue weighted by molar-refractivity contribution is 6.39. The van der Waals surface area contributed by atoms with Gasteiger partial charge in [0.1, 0.15) is 5.75 Å². The Bertz CT molecular complexity index is 799. The summed E-state index contributed by atoms with van der Waals surface area (Å²) in [5, 5.41) is 6.32. The van der Waals surface area contributed by atoms with Crippen LogP contribution in [0.4, 0.5) is 11.4 Å². The first-order chi connectivity index (χ1) is 13.1. The maximum Gasteiger partial charge on any atom is 0.329 e. The van der Waals surface area contributed by atoms with Gasteiger partial charge in [-0.1, -0.05) is 24.3 Å². The van der Waals surface area contributed by atoms with E-state index in [1.165, 1.54) is 13.3 Å². The van der Waals surface area contributed by atoms with Crippen molar-refractivity contribution in [3.63, 3.8) is 0 Å². The number of methoxy groups -OCH3 is 1. The Kier molecular flexibility index (Phi) is 7.37. The number of carbonyl (C=O) groups excluding carboxylic acids is 2. The van der Waals surface area contributed by atoms with Crippen molar-refractivity contribution in [1.82, 2.24) is 5.43 Å². The van der Waals surface area contributed by atoms with Gasteiger partial charge in [0.05, 0.1) is 19.0 Å². The first-order valence-electron chi connectivity index (χ1n) is 8.71. The zero-order valence-electron chi connectivity index (χ0n) is 15.7. The number of ether oxygens (including phenoxy) is 1. The van der Waals surface area contributed by atoms with Gasteiger partial charge < -0.3 is 15.0 Å². The Morgan fingerprint density at radius 1 is 1.04 bits per heavy atom. The van der Waals surface area contributed by atoms with Crippen molar-refractivity contribution in [2.24, 2.45) is 5.10 Å². The lowest BCUT2D eigenvalue weighted by Crippen LogP contribution is -2.32. The van der Waals surface area contributed by atoms with Crippen LogP contribution in [-0.2, 0) is 9.59 Å². The number of hydrazone groups is 1. The zero-order chi connectivity index (χ0) is 19.6. The van der Waals surface area contributed by atoms with Crippen molar-refractivity contribution < 1.29 is 14.3 Å². The molecule has 2 N–H and O–H groups in total. The summed E-state index contributed by atoms with van der Waals surface area (Å²) in [6, 6.07) is 14.6. The normalized spacial score (nSPS) is 10.5. The molecule has 0 fully saturated rings. The summed E-state index contributed by atoms with van der Waals surface area (Å²) in [6.07, 6.45) is 1.49. The molecule has 7 nitrogen and oxygen atoms in total. The van der Waals surface area contributed by atoms with Gasteiger partial charge >= 0.3 is 11.8 Å². The summed E-state index contributed by atoms with van der Waals surface area (Å²) < 4.78 is 5.13. The summed E-state index contributed by atoms with van der Waals surface area (Å²) in [5.74, 6) is -1.22. The molecular formula is C20H24N4O3. The van der Waals surface area contributed by atoms with Crippen LogP contribution in [0.5, 0.6) is 5.75 Å². The number of para-hydroxylation sites is 2. The number of rotatable bonds is 7. The second-order valence-electron chi connectivity index (χ2n) is 5.62. The third-order valence-corrected chi connectivity index (χ3v) is 3.96. The fourth-order valence-corrected chi connectivity index (χ4v) is 2.50. The molecule has 0 unspecified atom stereocenters. The molecule has 0 aromatic heterocycles. The summed E-state index contributed by atoms with van der Waals surface area (Å²) in [5.41, 5.74) is 4.57. The van der Waals surface area contributed by atoms with Crippen LogP contribution in [0.1, 0.15) is 19.4 Å². The van der Waals surface area contributed by atoms with E-state index in [2.05, 4.69) is 34.6 Å². The number of carbonyl (C=O) groups is 2. The lowest BCUT2D eigenvalue weighted by molar-refractivity contribution is -0.136. The van der Waals surface area contributed by atoms with Crippen LogP contribution in [0.3, 0.4) is 0 Å². The van der Waals surface area contributed by atoms with E-state index in [0.717, 1.165) is 24.3 Å². The number of nitrogens with one attached hydrogen (secondary N) is 2. The average molecular weight is 368 g/mol. The third kappa shape index (κ3) is 5.57. The van der Waals surface area contributed by atoms with Crippen LogP contribution in [0.2, 0.25) is 0 Å². The Morgan fingerprint density at radius 2 is 1.70 bits per heavy atom. The molecule has 0 atom stereocenters. The van der Waals surface area contributed by atoms with Gasteiger partial charge in [-0.2, -0.15) is 5.10 Å². The second kappa shape index (κ2) is 9.96. The number of hydrogen-bond acceptors (Lipinski definition) is 5. The van der Waals surface area contributed by atoms with Crippen LogP contribution < -0.4 is 20.4 Å². The maximum atomic E-state index is 12.0. The molecule has 0 bridgehead atoms. The SMILES string of the molecule is CCN(CC)c1ccc(/C=N\NC(=O)C(=O)Nc2ccccc2OC)cc1. The number of hydrogen-bond donors (Lipinski definition) is 2. The van der Waals surface area contributed by atoms with Crippen molar-refractivity contribution in [3.8, 4) is 5.75 Å². The fourth-order valence-electron chi connectivity index (χ4n) is 2.50. The molecule has 0 saturated heterocycles. The standard InChI is InChI=1S/C20H24N4O3/c1-4-24(5-2)16-12-10-15(11-13-16)14-21-23-20(26)19(25)22-17-8-6-7-9-18(17)27-3/h6-14H,4-5H2,1-3H3,(H,22,25)(H,23,26)/b21-14-. The van der Waals surface area contributed by atoms with Crippen LogP contribution in [0.25, 0.3) is 0 Å². The predicted molar refractivity (Wildman–Crippen MR) is 107 cm³/mol. The minimum atomic E-state index is -0.864. The van der Waals surface area contributed by atoms with Gasteiger partial charge in [0.25, 0.3) is 0 Å². The van der Waals surface area contributed by atoms with Gasteiger partial charge in [0, 0.05) is 18.8 Å². The van der Waals surface area contributed by atoms with Gasteiger partial charge in [-0.25, -0.2) is 5.43 Å². The van der Waals surface area contributed by atoms with Crippen LogP contribution in [0, 0.1) is 0 Å². The van der Waals surface area contributed by atoms with Gasteiger partial charge in [0.15, 0.2) is 0 Å². The molecule has 0 aliphatic carbocycles. The van der Waals surface area contributed by atoms with Crippen LogP contribution in [0.15, 0.2) is 53.6 Å². The van der Waals surface area contributed by atoms with E-state index < -0.39 is 11.8 Å². The Hall–Kier alpha value is -3.35. The monoisotopic (exact) mass is 368 g/mol. The lowest BCUT2D eigenvalue weighted by atomic mass is 10.2. The van der Waals surface area contributed by atoms with E-state index >= 15 is 0 Å². The molecule has 0 heterocycles. The van der Waals surface area contributed by atoms with Gasteiger partial charge in [-0.3, -0.25) is 9.59 Å². The summed E-state index contributed by atoms with van der Waals surface area (Å²) >= 11 is 0. The molecule has 2 aromatic rings. The van der Waals surface area contributed by atoms with Crippen LogP contribution >= 0.6 is 0 Å². The van der Waals surface area contributed by atoms with E-state index in [1.54, 1.807) is 24.3 Å². The molecule has 7 heteroatoms. The zero-order valence-corrected chi connectivity index (χ0v) is 15.7. The second-order valence-corrected chi connectivity index (χ2v) is 5.62. The Morgan fingerprint density at radius 3 is 2.33 bits per heavy atom. The molecule has 2 amide bonds. The molecule has 2 rings (SSSR count). The van der Waals surface area contributed by atoms with E-state index in [-0.39, 0.29) is 0 Å². The molecule has 0 saturated carbocycles.